The van der Waals surface area contributed by atoms with Crippen molar-refractivity contribution in [3.8, 4) is 5.75 Å². The molecule has 7 heteroatoms. The van der Waals surface area contributed by atoms with Gasteiger partial charge >= 0.3 is 0 Å². The Hall–Kier alpha value is -3.48. The van der Waals surface area contributed by atoms with E-state index in [9.17, 15) is 20.0 Å². The third-order valence-electron chi connectivity index (χ3n) is 4.33. The van der Waals surface area contributed by atoms with Crippen LogP contribution < -0.4 is 5.32 Å². The standard InChI is InChI=1S/C20H19N3O4/c1-12(2)20(25)22-17(13-7-4-3-5-8-13)15-11-16(23(26)27)14-9-6-10-21-18(14)19(15)24/h3-12,17,24H,1-2H3,(H,22,25)/t17-/m0/s1. The number of pyridine rings is 1. The van der Waals surface area contributed by atoms with Crippen LogP contribution in [-0.2, 0) is 4.79 Å². The summed E-state index contributed by atoms with van der Waals surface area (Å²) >= 11 is 0. The Balaban J connectivity index is 2.25. The third kappa shape index (κ3) is 3.57. The van der Waals surface area contributed by atoms with Gasteiger partial charge in [-0.2, -0.15) is 0 Å². The number of nitrogens with one attached hydrogen (secondary N) is 1. The molecular formula is C20H19N3O4. The summed E-state index contributed by atoms with van der Waals surface area (Å²) in [6, 6.07) is 12.7. The van der Waals surface area contributed by atoms with E-state index in [-0.39, 0.29) is 39.7 Å². The molecular weight excluding hydrogens is 346 g/mol. The van der Waals surface area contributed by atoms with Crippen molar-refractivity contribution in [2.45, 2.75) is 19.9 Å². The van der Waals surface area contributed by atoms with Gasteiger partial charge in [0.1, 0.15) is 11.3 Å². The van der Waals surface area contributed by atoms with Crippen LogP contribution in [0.3, 0.4) is 0 Å². The maximum Gasteiger partial charge on any atom is 0.279 e. The Morgan fingerprint density at radius 3 is 2.52 bits per heavy atom. The van der Waals surface area contributed by atoms with Gasteiger partial charge in [-0.3, -0.25) is 19.9 Å². The number of phenols is 1. The van der Waals surface area contributed by atoms with E-state index in [0.29, 0.717) is 5.56 Å². The smallest absolute Gasteiger partial charge is 0.279 e. The van der Waals surface area contributed by atoms with E-state index in [1.807, 2.05) is 6.07 Å². The van der Waals surface area contributed by atoms with Crippen LogP contribution in [0.4, 0.5) is 5.69 Å². The van der Waals surface area contributed by atoms with Crippen molar-refractivity contribution in [3.63, 3.8) is 0 Å². The number of benzene rings is 2. The highest BCUT2D eigenvalue weighted by Gasteiger charge is 2.27. The predicted octanol–water partition coefficient (Wildman–Crippen LogP) is 3.71. The minimum atomic E-state index is -0.744. The second-order valence-corrected chi connectivity index (χ2v) is 6.50. The first-order chi connectivity index (χ1) is 12.9. The summed E-state index contributed by atoms with van der Waals surface area (Å²) in [6.07, 6.45) is 1.46. The van der Waals surface area contributed by atoms with Gasteiger partial charge in [0.05, 0.1) is 16.4 Å². The number of fused-ring (bicyclic) bond motifs is 1. The molecule has 0 aliphatic heterocycles. The van der Waals surface area contributed by atoms with Gasteiger partial charge in [0.15, 0.2) is 0 Å². The molecule has 3 rings (SSSR count). The average molecular weight is 365 g/mol. The third-order valence-corrected chi connectivity index (χ3v) is 4.33. The first-order valence-electron chi connectivity index (χ1n) is 8.50. The molecule has 0 radical (unpaired) electrons. The minimum Gasteiger partial charge on any atom is -0.505 e. The van der Waals surface area contributed by atoms with Crippen LogP contribution in [0, 0.1) is 16.0 Å². The lowest BCUT2D eigenvalue weighted by molar-refractivity contribution is -0.383. The van der Waals surface area contributed by atoms with Gasteiger partial charge in [-0.25, -0.2) is 0 Å². The molecule has 3 aromatic rings. The normalized spacial score (nSPS) is 12.1. The summed E-state index contributed by atoms with van der Waals surface area (Å²) in [5.41, 5.74) is 0.881. The lowest BCUT2D eigenvalue weighted by Gasteiger charge is -2.22. The van der Waals surface area contributed by atoms with Gasteiger partial charge in [-0.05, 0) is 17.7 Å². The summed E-state index contributed by atoms with van der Waals surface area (Å²) in [7, 11) is 0. The lowest BCUT2D eigenvalue weighted by atomic mass is 9.95. The van der Waals surface area contributed by atoms with Gasteiger partial charge in [-0.1, -0.05) is 44.2 Å². The molecule has 2 aromatic carbocycles. The molecule has 0 saturated heterocycles. The summed E-state index contributed by atoms with van der Waals surface area (Å²) in [5.74, 6) is -0.701. The van der Waals surface area contributed by atoms with Crippen LogP contribution in [0.25, 0.3) is 10.9 Å². The van der Waals surface area contributed by atoms with Crippen LogP contribution in [0.2, 0.25) is 0 Å². The molecule has 1 aromatic heterocycles. The quantitative estimate of drug-likeness (QED) is 0.530. The van der Waals surface area contributed by atoms with Crippen molar-refractivity contribution in [2.24, 2.45) is 5.92 Å². The molecule has 0 fully saturated rings. The van der Waals surface area contributed by atoms with Gasteiger partial charge in [0.25, 0.3) is 5.69 Å². The lowest BCUT2D eigenvalue weighted by Crippen LogP contribution is -2.32. The number of hydrogen-bond acceptors (Lipinski definition) is 5. The number of rotatable bonds is 5. The molecule has 0 spiro atoms. The van der Waals surface area contributed by atoms with E-state index in [2.05, 4.69) is 10.3 Å². The molecule has 0 saturated carbocycles. The first-order valence-corrected chi connectivity index (χ1v) is 8.50. The first kappa shape index (κ1) is 18.3. The number of non-ortho nitro benzene ring substituents is 1. The number of aromatic hydroxyl groups is 1. The number of phenolic OH excluding ortho intramolecular Hbond substituents is 1. The number of amides is 1. The fraction of sp³-hybridized carbons (Fsp3) is 0.200. The second kappa shape index (κ2) is 7.41. The topological polar surface area (TPSA) is 105 Å². The Morgan fingerprint density at radius 2 is 1.89 bits per heavy atom. The molecule has 0 bridgehead atoms. The number of nitro benzene ring substituents is 1. The monoisotopic (exact) mass is 365 g/mol. The van der Waals surface area contributed by atoms with Crippen molar-refractivity contribution >= 4 is 22.5 Å². The van der Waals surface area contributed by atoms with Crippen molar-refractivity contribution in [1.82, 2.24) is 10.3 Å². The molecule has 2 N–H and O–H groups in total. The minimum absolute atomic E-state index is 0.126. The fourth-order valence-electron chi connectivity index (χ4n) is 2.90. The van der Waals surface area contributed by atoms with E-state index in [4.69, 9.17) is 0 Å². The van der Waals surface area contributed by atoms with Gasteiger partial charge in [0.2, 0.25) is 5.91 Å². The number of nitrogens with zero attached hydrogens (tertiary/aromatic N) is 2. The molecule has 27 heavy (non-hydrogen) atoms. The zero-order valence-electron chi connectivity index (χ0n) is 14.9. The van der Waals surface area contributed by atoms with Gasteiger partial charge in [0, 0.05) is 23.7 Å². The van der Waals surface area contributed by atoms with Crippen molar-refractivity contribution in [2.75, 3.05) is 0 Å². The van der Waals surface area contributed by atoms with Crippen LogP contribution in [0.1, 0.15) is 31.0 Å². The summed E-state index contributed by atoms with van der Waals surface area (Å²) < 4.78 is 0. The van der Waals surface area contributed by atoms with Crippen LogP contribution in [-0.4, -0.2) is 20.9 Å². The van der Waals surface area contributed by atoms with Crippen LogP contribution in [0.5, 0.6) is 5.75 Å². The second-order valence-electron chi connectivity index (χ2n) is 6.50. The molecule has 1 amide bonds. The Bertz CT molecular complexity index is 1000. The number of hydrogen-bond donors (Lipinski definition) is 2. The number of carbonyl (C=O) groups excluding carboxylic acids is 1. The molecule has 0 aliphatic rings. The zero-order valence-corrected chi connectivity index (χ0v) is 14.9. The fourth-order valence-corrected chi connectivity index (χ4v) is 2.90. The number of aromatic nitrogens is 1. The number of nitro groups is 1. The summed E-state index contributed by atoms with van der Waals surface area (Å²) in [4.78, 5) is 27.5. The highest BCUT2D eigenvalue weighted by molar-refractivity contribution is 5.94. The van der Waals surface area contributed by atoms with E-state index in [1.54, 1.807) is 44.2 Å². The Morgan fingerprint density at radius 1 is 1.19 bits per heavy atom. The van der Waals surface area contributed by atoms with E-state index in [1.165, 1.54) is 18.3 Å². The van der Waals surface area contributed by atoms with E-state index in [0.717, 1.165) is 0 Å². The van der Waals surface area contributed by atoms with Crippen LogP contribution >= 0.6 is 0 Å². The van der Waals surface area contributed by atoms with Crippen molar-refractivity contribution in [3.05, 3.63) is 76.0 Å². The molecule has 138 valence electrons. The molecule has 0 unspecified atom stereocenters. The largest absolute Gasteiger partial charge is 0.505 e. The van der Waals surface area contributed by atoms with Crippen molar-refractivity contribution in [1.29, 1.82) is 0 Å². The zero-order chi connectivity index (χ0) is 19.6. The Labute approximate surface area is 155 Å². The number of carbonyl (C=O) groups is 1. The highest BCUT2D eigenvalue weighted by Crippen LogP contribution is 2.39. The highest BCUT2D eigenvalue weighted by atomic mass is 16.6. The molecule has 0 aliphatic carbocycles. The maximum absolute atomic E-state index is 12.4. The summed E-state index contributed by atoms with van der Waals surface area (Å²) in [5, 5.41) is 25.5. The molecule has 7 nitrogen and oxygen atoms in total. The van der Waals surface area contributed by atoms with Gasteiger partial charge < -0.3 is 10.4 Å². The Kier molecular flexibility index (Phi) is 5.03. The predicted molar refractivity (Wildman–Crippen MR) is 101 cm³/mol. The maximum atomic E-state index is 12.4. The molecule has 1 atom stereocenters. The van der Waals surface area contributed by atoms with Gasteiger partial charge in [-0.15, -0.1) is 0 Å². The van der Waals surface area contributed by atoms with E-state index >= 15 is 0 Å². The average Bonchev–Trinajstić information content (AvgIpc) is 2.67. The SMILES string of the molecule is CC(C)C(=O)N[C@@H](c1ccccc1)c1cc([N+](=O)[O-])c2cccnc2c1O. The van der Waals surface area contributed by atoms with E-state index < -0.39 is 11.0 Å². The van der Waals surface area contributed by atoms with Crippen molar-refractivity contribution < 1.29 is 14.8 Å². The molecule has 1 heterocycles. The van der Waals surface area contributed by atoms with Crippen LogP contribution in [0.15, 0.2) is 54.7 Å². The summed E-state index contributed by atoms with van der Waals surface area (Å²) in [6.45, 7) is 3.50.